The van der Waals surface area contributed by atoms with Gasteiger partial charge in [0.2, 0.25) is 11.7 Å². The standard InChI is InChI=1S/C34H36BrN3O5/c1-21(2)27(37-32(40)43-33(3,4)5)31-36-26(20-41-19-22-13-8-6-9-14-22)30(42-31)34(23-15-10-7-11-16-23)29(39)24-17-12-18-25(35)28(24)38-34/h6-18,21,27,38H,19-20H2,1-5H3,(H,37,40)/t27-,34?/m0/s1. The number of Topliss-reactive ketones (excluding diaryl/α,β-unsaturated/α-hetero) is 1. The normalized spacial score (nSPS) is 17.0. The second kappa shape index (κ2) is 12.3. The van der Waals surface area contributed by atoms with Crippen molar-refractivity contribution < 1.29 is 23.5 Å². The Morgan fingerprint density at radius 3 is 2.30 bits per heavy atom. The van der Waals surface area contributed by atoms with Crippen LogP contribution in [0.2, 0.25) is 0 Å². The number of oxazole rings is 1. The lowest BCUT2D eigenvalue weighted by atomic mass is 9.82. The number of anilines is 1. The molecule has 4 aromatic rings. The molecule has 0 aliphatic carbocycles. The van der Waals surface area contributed by atoms with Crippen LogP contribution in [0.5, 0.6) is 0 Å². The Bertz CT molecular complexity index is 1600. The van der Waals surface area contributed by atoms with Crippen LogP contribution in [0.1, 0.15) is 79.5 Å². The van der Waals surface area contributed by atoms with Gasteiger partial charge in [-0.05, 0) is 65.9 Å². The van der Waals surface area contributed by atoms with E-state index in [1.54, 1.807) is 26.8 Å². The van der Waals surface area contributed by atoms with E-state index in [2.05, 4.69) is 26.6 Å². The van der Waals surface area contributed by atoms with Crippen LogP contribution in [0.4, 0.5) is 10.5 Å². The first-order valence-corrected chi connectivity index (χ1v) is 15.1. The third kappa shape index (κ3) is 6.38. The highest BCUT2D eigenvalue weighted by molar-refractivity contribution is 9.10. The number of fused-ring (bicyclic) bond motifs is 1. The number of benzene rings is 3. The number of hydrogen-bond acceptors (Lipinski definition) is 7. The summed E-state index contributed by atoms with van der Waals surface area (Å²) in [6.07, 6.45) is -0.586. The van der Waals surface area contributed by atoms with Crippen LogP contribution in [-0.2, 0) is 28.2 Å². The van der Waals surface area contributed by atoms with Crippen molar-refractivity contribution in [2.75, 3.05) is 5.32 Å². The van der Waals surface area contributed by atoms with Crippen molar-refractivity contribution in [1.29, 1.82) is 0 Å². The van der Waals surface area contributed by atoms with Gasteiger partial charge in [0.1, 0.15) is 17.3 Å². The number of aromatic nitrogens is 1. The monoisotopic (exact) mass is 645 g/mol. The first kappa shape index (κ1) is 30.5. The Morgan fingerprint density at radius 1 is 1.00 bits per heavy atom. The van der Waals surface area contributed by atoms with Gasteiger partial charge in [0.05, 0.1) is 18.9 Å². The average molecular weight is 647 g/mol. The van der Waals surface area contributed by atoms with E-state index in [0.29, 0.717) is 34.9 Å². The molecule has 5 rings (SSSR count). The Morgan fingerprint density at radius 2 is 1.67 bits per heavy atom. The van der Waals surface area contributed by atoms with Crippen molar-refractivity contribution in [1.82, 2.24) is 10.3 Å². The van der Waals surface area contributed by atoms with Crippen molar-refractivity contribution in [3.63, 3.8) is 0 Å². The number of carbonyl (C=O) groups excluding carboxylic acids is 2. The second-order valence-corrected chi connectivity index (χ2v) is 12.8. The number of halogens is 1. The van der Waals surface area contributed by atoms with Crippen LogP contribution in [0, 0.1) is 5.92 Å². The van der Waals surface area contributed by atoms with Crippen LogP contribution in [-0.4, -0.2) is 22.5 Å². The predicted molar refractivity (Wildman–Crippen MR) is 168 cm³/mol. The number of hydrogen-bond donors (Lipinski definition) is 2. The smallest absolute Gasteiger partial charge is 0.408 e. The van der Waals surface area contributed by atoms with E-state index in [9.17, 15) is 9.59 Å². The lowest BCUT2D eigenvalue weighted by molar-refractivity contribution is 0.0477. The summed E-state index contributed by atoms with van der Waals surface area (Å²) in [5, 5.41) is 6.42. The molecule has 8 nitrogen and oxygen atoms in total. The third-order valence-electron chi connectivity index (χ3n) is 7.13. The molecule has 1 amide bonds. The highest BCUT2D eigenvalue weighted by Gasteiger charge is 2.53. The van der Waals surface area contributed by atoms with E-state index in [0.717, 1.165) is 10.0 Å². The molecule has 1 aromatic heterocycles. The van der Waals surface area contributed by atoms with E-state index in [1.807, 2.05) is 86.6 Å². The van der Waals surface area contributed by atoms with E-state index in [1.165, 1.54) is 0 Å². The highest BCUT2D eigenvalue weighted by atomic mass is 79.9. The SMILES string of the molecule is CC(C)[C@H](NC(=O)OC(C)(C)C)c1nc(COCc2ccccc2)c(C2(c3ccccc3)Nc3c(Br)cccc3C2=O)o1. The number of carbonyl (C=O) groups is 2. The number of nitrogens with zero attached hydrogens (tertiary/aromatic N) is 1. The molecule has 9 heteroatoms. The summed E-state index contributed by atoms with van der Waals surface area (Å²) in [5.41, 5.74) is 1.24. The zero-order valence-electron chi connectivity index (χ0n) is 24.9. The molecule has 3 aromatic carbocycles. The molecule has 1 aliphatic rings. The molecule has 0 saturated carbocycles. The van der Waals surface area contributed by atoms with Gasteiger partial charge in [-0.15, -0.1) is 0 Å². The lowest BCUT2D eigenvalue weighted by Gasteiger charge is -2.28. The fraction of sp³-hybridized carbons (Fsp3) is 0.324. The van der Waals surface area contributed by atoms with E-state index in [-0.39, 0.29) is 24.2 Å². The minimum atomic E-state index is -1.42. The number of amides is 1. The Hall–Kier alpha value is -3.95. The Balaban J connectivity index is 1.62. The molecule has 0 radical (unpaired) electrons. The van der Waals surface area contributed by atoms with Gasteiger partial charge in [0, 0.05) is 10.0 Å². The molecular weight excluding hydrogens is 610 g/mol. The largest absolute Gasteiger partial charge is 0.444 e. The molecule has 0 spiro atoms. The maximum Gasteiger partial charge on any atom is 0.408 e. The summed E-state index contributed by atoms with van der Waals surface area (Å²) in [5.74, 6) is 0.284. The van der Waals surface area contributed by atoms with Gasteiger partial charge in [-0.1, -0.05) is 80.6 Å². The van der Waals surface area contributed by atoms with Gasteiger partial charge in [0.25, 0.3) is 0 Å². The van der Waals surface area contributed by atoms with Crippen LogP contribution in [0.15, 0.2) is 87.8 Å². The summed E-state index contributed by atoms with van der Waals surface area (Å²) in [7, 11) is 0. The van der Waals surface area contributed by atoms with Crippen LogP contribution in [0.25, 0.3) is 0 Å². The van der Waals surface area contributed by atoms with Crippen LogP contribution < -0.4 is 10.6 Å². The number of para-hydroxylation sites is 1. The highest BCUT2D eigenvalue weighted by Crippen LogP contribution is 2.48. The van der Waals surface area contributed by atoms with E-state index >= 15 is 0 Å². The van der Waals surface area contributed by atoms with Crippen molar-refractivity contribution in [2.45, 2.75) is 65.0 Å². The summed E-state index contributed by atoms with van der Waals surface area (Å²) in [4.78, 5) is 32.2. The molecular formula is C34H36BrN3O5. The van der Waals surface area contributed by atoms with Crippen LogP contribution >= 0.6 is 15.9 Å². The third-order valence-corrected chi connectivity index (χ3v) is 7.79. The molecule has 224 valence electrons. The van der Waals surface area contributed by atoms with Gasteiger partial charge in [-0.25, -0.2) is 9.78 Å². The van der Waals surface area contributed by atoms with Crippen molar-refractivity contribution >= 4 is 33.5 Å². The minimum Gasteiger partial charge on any atom is -0.444 e. The number of ether oxygens (including phenoxy) is 2. The average Bonchev–Trinajstić information content (AvgIpc) is 3.52. The second-order valence-electron chi connectivity index (χ2n) is 11.9. The molecule has 2 atom stereocenters. The van der Waals surface area contributed by atoms with Crippen molar-refractivity contribution in [3.05, 3.63) is 117 Å². The van der Waals surface area contributed by atoms with E-state index in [4.69, 9.17) is 18.9 Å². The molecule has 1 unspecified atom stereocenters. The number of nitrogens with one attached hydrogen (secondary N) is 2. The van der Waals surface area contributed by atoms with Gasteiger partial charge in [-0.2, -0.15) is 0 Å². The van der Waals surface area contributed by atoms with Crippen LogP contribution in [0.3, 0.4) is 0 Å². The fourth-order valence-corrected chi connectivity index (χ4v) is 5.62. The summed E-state index contributed by atoms with van der Waals surface area (Å²) in [6, 6.07) is 24.1. The zero-order chi connectivity index (χ0) is 30.8. The number of rotatable bonds is 9. The van der Waals surface area contributed by atoms with Gasteiger partial charge < -0.3 is 24.5 Å². The quantitative estimate of drug-likeness (QED) is 0.190. The van der Waals surface area contributed by atoms with Crippen molar-refractivity contribution in [3.8, 4) is 0 Å². The summed E-state index contributed by atoms with van der Waals surface area (Å²) in [6.45, 7) is 9.74. The molecule has 2 heterocycles. The molecule has 43 heavy (non-hydrogen) atoms. The zero-order valence-corrected chi connectivity index (χ0v) is 26.5. The molecule has 2 N–H and O–H groups in total. The molecule has 0 saturated heterocycles. The topological polar surface area (TPSA) is 103 Å². The number of alkyl carbamates (subject to hydrolysis) is 1. The fourth-order valence-electron chi connectivity index (χ4n) is 5.15. The summed E-state index contributed by atoms with van der Waals surface area (Å²) >= 11 is 3.61. The molecule has 0 bridgehead atoms. The van der Waals surface area contributed by atoms with Gasteiger partial charge >= 0.3 is 6.09 Å². The Kier molecular flexibility index (Phi) is 8.76. The predicted octanol–water partition coefficient (Wildman–Crippen LogP) is 7.93. The maximum atomic E-state index is 14.5. The molecule has 0 fully saturated rings. The van der Waals surface area contributed by atoms with Gasteiger partial charge in [-0.3, -0.25) is 4.79 Å². The maximum absolute atomic E-state index is 14.5. The first-order chi connectivity index (χ1) is 20.5. The van der Waals surface area contributed by atoms with Crippen molar-refractivity contribution in [2.24, 2.45) is 5.92 Å². The van der Waals surface area contributed by atoms with E-state index < -0.39 is 23.3 Å². The van der Waals surface area contributed by atoms with Gasteiger partial charge in [0.15, 0.2) is 11.3 Å². The molecule has 1 aliphatic heterocycles. The Labute approximate surface area is 260 Å². The first-order valence-electron chi connectivity index (χ1n) is 14.3. The summed E-state index contributed by atoms with van der Waals surface area (Å²) < 4.78 is 19.0. The number of ketones is 1. The minimum absolute atomic E-state index is 0.0754. The lowest BCUT2D eigenvalue weighted by Crippen LogP contribution is -2.40.